The van der Waals surface area contributed by atoms with Crippen LogP contribution in [0.1, 0.15) is 15.9 Å². The molecule has 0 aliphatic carbocycles. The summed E-state index contributed by atoms with van der Waals surface area (Å²) < 4.78 is 0. The standard InChI is InChI=1S/C17H14N2O2/c1-11-14-7-3-2-5-12(14)9-15(16(11)20)17(21)19-13-6-4-8-18-10-13/h2-10,20H,1H3,(H,19,21). The summed E-state index contributed by atoms with van der Waals surface area (Å²) >= 11 is 0. The number of rotatable bonds is 2. The first-order chi connectivity index (χ1) is 10.2. The Morgan fingerprint density at radius 3 is 2.76 bits per heavy atom. The smallest absolute Gasteiger partial charge is 0.259 e. The van der Waals surface area contributed by atoms with E-state index < -0.39 is 0 Å². The predicted molar refractivity (Wildman–Crippen MR) is 82.5 cm³/mol. The zero-order valence-electron chi connectivity index (χ0n) is 11.5. The van der Waals surface area contributed by atoms with Crippen molar-refractivity contribution in [2.24, 2.45) is 0 Å². The van der Waals surface area contributed by atoms with E-state index >= 15 is 0 Å². The third-order valence-corrected chi connectivity index (χ3v) is 3.44. The number of amides is 1. The molecule has 2 aromatic carbocycles. The number of pyridine rings is 1. The lowest BCUT2D eigenvalue weighted by atomic mass is 10.00. The number of phenols is 1. The maximum atomic E-state index is 12.3. The first-order valence-corrected chi connectivity index (χ1v) is 6.59. The number of hydrogen-bond acceptors (Lipinski definition) is 3. The molecule has 0 saturated heterocycles. The summed E-state index contributed by atoms with van der Waals surface area (Å²) in [5, 5.41) is 14.9. The number of aryl methyl sites for hydroxylation is 1. The third-order valence-electron chi connectivity index (χ3n) is 3.44. The van der Waals surface area contributed by atoms with Gasteiger partial charge in [0.2, 0.25) is 0 Å². The molecule has 0 aliphatic rings. The number of aromatic hydroxyl groups is 1. The molecule has 0 bridgehead atoms. The van der Waals surface area contributed by atoms with Gasteiger partial charge < -0.3 is 10.4 Å². The fourth-order valence-electron chi connectivity index (χ4n) is 2.33. The van der Waals surface area contributed by atoms with E-state index in [0.717, 1.165) is 10.8 Å². The molecule has 0 fully saturated rings. The van der Waals surface area contributed by atoms with E-state index in [0.29, 0.717) is 11.3 Å². The number of phenolic OH excluding ortho intramolecular Hbond substituents is 1. The summed E-state index contributed by atoms with van der Waals surface area (Å²) in [6.45, 7) is 1.80. The quantitative estimate of drug-likeness (QED) is 0.754. The minimum Gasteiger partial charge on any atom is -0.507 e. The van der Waals surface area contributed by atoms with Crippen LogP contribution in [0.25, 0.3) is 10.8 Å². The number of nitrogens with one attached hydrogen (secondary N) is 1. The Hall–Kier alpha value is -2.88. The Balaban J connectivity index is 2.04. The van der Waals surface area contributed by atoms with Crippen molar-refractivity contribution in [2.75, 3.05) is 5.32 Å². The lowest BCUT2D eigenvalue weighted by molar-refractivity contribution is 0.102. The predicted octanol–water partition coefficient (Wildman–Crippen LogP) is 3.50. The largest absolute Gasteiger partial charge is 0.507 e. The molecule has 1 amide bonds. The van der Waals surface area contributed by atoms with Crippen LogP contribution in [0.4, 0.5) is 5.69 Å². The summed E-state index contributed by atoms with van der Waals surface area (Å²) in [5.74, 6) is -0.343. The van der Waals surface area contributed by atoms with Crippen LogP contribution in [0.5, 0.6) is 5.75 Å². The third kappa shape index (κ3) is 2.43. The van der Waals surface area contributed by atoms with Crippen molar-refractivity contribution < 1.29 is 9.90 Å². The van der Waals surface area contributed by atoms with Crippen LogP contribution in [-0.4, -0.2) is 16.0 Å². The molecule has 4 heteroatoms. The fraction of sp³-hybridized carbons (Fsp3) is 0.0588. The zero-order valence-corrected chi connectivity index (χ0v) is 11.5. The van der Waals surface area contributed by atoms with E-state index in [4.69, 9.17) is 0 Å². The second-order valence-electron chi connectivity index (χ2n) is 4.81. The van der Waals surface area contributed by atoms with Crippen LogP contribution in [-0.2, 0) is 0 Å². The molecule has 3 rings (SSSR count). The normalized spacial score (nSPS) is 10.5. The highest BCUT2D eigenvalue weighted by molar-refractivity contribution is 6.09. The van der Waals surface area contributed by atoms with E-state index in [2.05, 4.69) is 10.3 Å². The van der Waals surface area contributed by atoms with E-state index in [1.54, 1.807) is 37.5 Å². The SMILES string of the molecule is Cc1c(O)c(C(=O)Nc2cccnc2)cc2ccccc12. The number of carbonyl (C=O) groups excluding carboxylic acids is 1. The van der Waals surface area contributed by atoms with Crippen molar-refractivity contribution >= 4 is 22.4 Å². The monoisotopic (exact) mass is 278 g/mol. The molecular formula is C17H14N2O2. The van der Waals surface area contributed by atoms with Crippen molar-refractivity contribution in [3.63, 3.8) is 0 Å². The van der Waals surface area contributed by atoms with Crippen molar-refractivity contribution in [2.45, 2.75) is 6.92 Å². The lowest BCUT2D eigenvalue weighted by Gasteiger charge is -2.11. The first-order valence-electron chi connectivity index (χ1n) is 6.59. The first kappa shape index (κ1) is 13.1. The number of aromatic nitrogens is 1. The number of anilines is 1. The molecule has 0 unspecified atom stereocenters. The van der Waals surface area contributed by atoms with Gasteiger partial charge in [-0.2, -0.15) is 0 Å². The van der Waals surface area contributed by atoms with Gasteiger partial charge in [0, 0.05) is 6.20 Å². The van der Waals surface area contributed by atoms with Crippen molar-refractivity contribution in [1.29, 1.82) is 0 Å². The summed E-state index contributed by atoms with van der Waals surface area (Å²) in [6, 6.07) is 12.8. The summed E-state index contributed by atoms with van der Waals surface area (Å²) in [7, 11) is 0. The Labute approximate surface area is 122 Å². The minimum absolute atomic E-state index is 0.00934. The minimum atomic E-state index is -0.352. The van der Waals surface area contributed by atoms with Crippen LogP contribution < -0.4 is 5.32 Å². The van der Waals surface area contributed by atoms with Gasteiger partial charge in [-0.15, -0.1) is 0 Å². The molecule has 0 saturated carbocycles. The van der Waals surface area contributed by atoms with Crippen LogP contribution in [0.2, 0.25) is 0 Å². The molecule has 0 aliphatic heterocycles. The van der Waals surface area contributed by atoms with Crippen LogP contribution >= 0.6 is 0 Å². The summed E-state index contributed by atoms with van der Waals surface area (Å²) in [4.78, 5) is 16.3. The molecule has 0 atom stereocenters. The number of fused-ring (bicyclic) bond motifs is 1. The second-order valence-corrected chi connectivity index (χ2v) is 4.81. The van der Waals surface area contributed by atoms with Gasteiger partial charge in [-0.3, -0.25) is 9.78 Å². The van der Waals surface area contributed by atoms with E-state index in [1.165, 1.54) is 0 Å². The topological polar surface area (TPSA) is 62.2 Å². The maximum absolute atomic E-state index is 12.3. The maximum Gasteiger partial charge on any atom is 0.259 e. The van der Waals surface area contributed by atoms with E-state index in [1.807, 2.05) is 24.3 Å². The molecule has 1 aromatic heterocycles. The lowest BCUT2D eigenvalue weighted by Crippen LogP contribution is -2.12. The van der Waals surface area contributed by atoms with Gasteiger partial charge in [0.15, 0.2) is 0 Å². The Morgan fingerprint density at radius 1 is 1.19 bits per heavy atom. The zero-order chi connectivity index (χ0) is 14.8. The molecule has 104 valence electrons. The highest BCUT2D eigenvalue weighted by Gasteiger charge is 2.15. The molecule has 21 heavy (non-hydrogen) atoms. The highest BCUT2D eigenvalue weighted by atomic mass is 16.3. The Morgan fingerprint density at radius 2 is 2.00 bits per heavy atom. The Kier molecular flexibility index (Phi) is 3.28. The van der Waals surface area contributed by atoms with Gasteiger partial charge in [-0.05, 0) is 41.5 Å². The number of hydrogen-bond donors (Lipinski definition) is 2. The van der Waals surface area contributed by atoms with Crippen molar-refractivity contribution in [3.8, 4) is 5.75 Å². The Bertz CT molecular complexity index is 814. The second kappa shape index (κ2) is 5.25. The highest BCUT2D eigenvalue weighted by Crippen LogP contribution is 2.30. The van der Waals surface area contributed by atoms with Crippen LogP contribution in [0.15, 0.2) is 54.9 Å². The van der Waals surface area contributed by atoms with Gasteiger partial charge in [-0.1, -0.05) is 24.3 Å². The molecule has 1 heterocycles. The van der Waals surface area contributed by atoms with E-state index in [-0.39, 0.29) is 17.2 Å². The number of nitrogens with zero attached hydrogens (tertiary/aromatic N) is 1. The molecular weight excluding hydrogens is 264 g/mol. The van der Waals surface area contributed by atoms with E-state index in [9.17, 15) is 9.90 Å². The van der Waals surface area contributed by atoms with Crippen LogP contribution in [0.3, 0.4) is 0 Å². The summed E-state index contributed by atoms with van der Waals surface area (Å²) in [5.41, 5.74) is 1.55. The molecule has 2 N–H and O–H groups in total. The average molecular weight is 278 g/mol. The van der Waals surface area contributed by atoms with Gasteiger partial charge in [0.25, 0.3) is 5.91 Å². The average Bonchev–Trinajstić information content (AvgIpc) is 2.52. The molecule has 4 nitrogen and oxygen atoms in total. The van der Waals surface area contributed by atoms with Gasteiger partial charge in [-0.25, -0.2) is 0 Å². The van der Waals surface area contributed by atoms with Gasteiger partial charge in [0.1, 0.15) is 5.75 Å². The van der Waals surface area contributed by atoms with Crippen molar-refractivity contribution in [1.82, 2.24) is 4.98 Å². The molecule has 0 spiro atoms. The van der Waals surface area contributed by atoms with Gasteiger partial charge in [0.05, 0.1) is 17.4 Å². The van der Waals surface area contributed by atoms with Gasteiger partial charge >= 0.3 is 0 Å². The molecule has 3 aromatic rings. The van der Waals surface area contributed by atoms with Crippen molar-refractivity contribution in [3.05, 3.63) is 66.0 Å². The molecule has 0 radical (unpaired) electrons. The van der Waals surface area contributed by atoms with Crippen LogP contribution in [0, 0.1) is 6.92 Å². The number of benzene rings is 2. The number of carbonyl (C=O) groups is 1. The summed E-state index contributed by atoms with van der Waals surface area (Å²) in [6.07, 6.45) is 3.19. The fourth-order valence-corrected chi connectivity index (χ4v) is 2.33.